The van der Waals surface area contributed by atoms with Crippen molar-refractivity contribution in [3.8, 4) is 0 Å². The normalized spacial score (nSPS) is 10.6. The van der Waals surface area contributed by atoms with Crippen LogP contribution in [-0.4, -0.2) is 17.8 Å². The summed E-state index contributed by atoms with van der Waals surface area (Å²) in [5, 5.41) is 14.9. The number of carbonyl (C=O) groups excluding carboxylic acids is 2. The van der Waals surface area contributed by atoms with Crippen molar-refractivity contribution in [1.82, 2.24) is 0 Å². The number of hydrogen-bond donors (Lipinski definition) is 2. The van der Waals surface area contributed by atoms with E-state index in [1.165, 1.54) is 12.1 Å². The lowest BCUT2D eigenvalue weighted by molar-refractivity contribution is -0.242. The maximum atomic E-state index is 11.4. The molecule has 18 heavy (non-hydrogen) atoms. The minimum absolute atomic E-state index is 0.365. The highest BCUT2D eigenvalue weighted by Crippen LogP contribution is 2.15. The second kappa shape index (κ2) is 5.39. The van der Waals surface area contributed by atoms with Crippen LogP contribution in [0.3, 0.4) is 0 Å². The number of carboxylic acid groups (broad SMARTS) is 1. The molecule has 1 rings (SSSR count). The van der Waals surface area contributed by atoms with Gasteiger partial charge < -0.3 is 20.0 Å². The van der Waals surface area contributed by atoms with E-state index in [2.05, 4.69) is 10.6 Å². The fourth-order valence-corrected chi connectivity index (χ4v) is 1.18. The molecule has 0 aromatic heterocycles. The third-order valence-electron chi connectivity index (χ3n) is 1.78. The van der Waals surface area contributed by atoms with Gasteiger partial charge in [0.1, 0.15) is 11.7 Å². The summed E-state index contributed by atoms with van der Waals surface area (Å²) in [5.41, 5.74) is 0.304. The molecule has 0 heterocycles. The van der Waals surface area contributed by atoms with Crippen LogP contribution in [-0.2, 0) is 4.74 Å². The number of nitrogens with one attached hydrogen (secondary N) is 2. The average Bonchev–Trinajstić information content (AvgIpc) is 2.17. The molecule has 0 unspecified atom stereocenters. The number of ether oxygens (including phenoxy) is 1. The Kier molecular flexibility index (Phi) is 4.14. The van der Waals surface area contributed by atoms with Gasteiger partial charge in [-0.1, -0.05) is 0 Å². The van der Waals surface area contributed by atoms with Crippen LogP contribution in [0.25, 0.3) is 0 Å². The van der Waals surface area contributed by atoms with Crippen LogP contribution >= 0.6 is 0 Å². The number of hydrogen-bond acceptors (Lipinski definition) is 4. The van der Waals surface area contributed by atoms with Crippen LogP contribution in [0.15, 0.2) is 24.3 Å². The van der Waals surface area contributed by atoms with Crippen molar-refractivity contribution < 1.29 is 19.4 Å². The zero-order chi connectivity index (χ0) is 13.8. The molecule has 1 aromatic carbocycles. The van der Waals surface area contributed by atoms with Crippen molar-refractivity contribution in [3.63, 3.8) is 0 Å². The van der Waals surface area contributed by atoms with Crippen molar-refractivity contribution in [2.45, 2.75) is 26.4 Å². The Morgan fingerprint density at radius 2 is 1.50 bits per heavy atom. The molecule has 2 amide bonds. The van der Waals surface area contributed by atoms with E-state index in [9.17, 15) is 14.7 Å². The predicted octanol–water partition coefficient (Wildman–Crippen LogP) is 1.79. The number of anilines is 2. The van der Waals surface area contributed by atoms with Crippen LogP contribution in [0.5, 0.6) is 0 Å². The maximum Gasteiger partial charge on any atom is 0.412 e. The molecule has 0 aliphatic heterocycles. The molecular weight excluding hydrogens is 236 g/mol. The lowest BCUT2D eigenvalue weighted by Gasteiger charge is -2.19. The van der Waals surface area contributed by atoms with Crippen molar-refractivity contribution in [1.29, 1.82) is 0 Å². The Bertz CT molecular complexity index is 434. The van der Waals surface area contributed by atoms with E-state index in [0.717, 1.165) is 0 Å². The van der Waals surface area contributed by atoms with Crippen molar-refractivity contribution in [2.75, 3.05) is 10.6 Å². The van der Waals surface area contributed by atoms with E-state index >= 15 is 0 Å². The summed E-state index contributed by atoms with van der Waals surface area (Å²) in [5.74, 6) is 0. The minimum atomic E-state index is -1.39. The van der Waals surface area contributed by atoms with Crippen LogP contribution < -0.4 is 15.7 Å². The van der Waals surface area contributed by atoms with Crippen molar-refractivity contribution >= 4 is 23.6 Å². The molecule has 0 atom stereocenters. The summed E-state index contributed by atoms with van der Waals surface area (Å²) in [4.78, 5) is 21.7. The van der Waals surface area contributed by atoms with E-state index in [0.29, 0.717) is 11.4 Å². The summed E-state index contributed by atoms with van der Waals surface area (Å²) in [6, 6.07) is 6.11. The predicted molar refractivity (Wildman–Crippen MR) is 65.3 cm³/mol. The van der Waals surface area contributed by atoms with Crippen LogP contribution in [0.1, 0.15) is 20.8 Å². The van der Waals surface area contributed by atoms with E-state index < -0.39 is 17.8 Å². The number of carbonyl (C=O) groups is 2. The topological polar surface area (TPSA) is 90.5 Å². The van der Waals surface area contributed by atoms with Gasteiger partial charge in [-0.2, -0.15) is 0 Å². The largest absolute Gasteiger partial charge is 0.530 e. The van der Waals surface area contributed by atoms with E-state index in [-0.39, 0.29) is 0 Å². The molecule has 1 aromatic rings. The highest BCUT2D eigenvalue weighted by Gasteiger charge is 2.15. The van der Waals surface area contributed by atoms with Gasteiger partial charge >= 0.3 is 6.09 Å². The molecule has 0 spiro atoms. The molecule has 2 N–H and O–H groups in total. The Morgan fingerprint density at radius 1 is 1.06 bits per heavy atom. The number of rotatable bonds is 2. The SMILES string of the molecule is CC(C)(C)OC(=O)Nc1ccc(NC(=O)[O-])cc1. The smallest absolute Gasteiger partial charge is 0.412 e. The Hall–Kier alpha value is -2.24. The summed E-state index contributed by atoms with van der Waals surface area (Å²) in [7, 11) is 0. The standard InChI is InChI=1S/C12H16N2O4/c1-12(2,3)18-11(17)14-9-6-4-8(5-7-9)13-10(15)16/h4-7,13H,1-3H3,(H,14,17)(H,15,16)/p-1. The van der Waals surface area contributed by atoms with Crippen LogP contribution in [0.4, 0.5) is 21.0 Å². The monoisotopic (exact) mass is 251 g/mol. The molecule has 6 nitrogen and oxygen atoms in total. The quantitative estimate of drug-likeness (QED) is 0.838. The Morgan fingerprint density at radius 3 is 1.89 bits per heavy atom. The van der Waals surface area contributed by atoms with Gasteiger partial charge in [0, 0.05) is 11.4 Å². The highest BCUT2D eigenvalue weighted by molar-refractivity contribution is 5.86. The van der Waals surface area contributed by atoms with Crippen LogP contribution in [0.2, 0.25) is 0 Å². The molecule has 0 radical (unpaired) electrons. The molecule has 0 aliphatic carbocycles. The molecule has 0 aliphatic rings. The van der Waals surface area contributed by atoms with Crippen LogP contribution in [0, 0.1) is 0 Å². The van der Waals surface area contributed by atoms with Gasteiger partial charge in [0.15, 0.2) is 0 Å². The summed E-state index contributed by atoms with van der Waals surface area (Å²) in [6.07, 6.45) is -1.95. The molecule has 6 heteroatoms. The third-order valence-corrected chi connectivity index (χ3v) is 1.78. The number of benzene rings is 1. The number of amides is 2. The third kappa shape index (κ3) is 5.20. The van der Waals surface area contributed by atoms with Crippen molar-refractivity contribution in [3.05, 3.63) is 24.3 Å². The zero-order valence-corrected chi connectivity index (χ0v) is 10.4. The maximum absolute atomic E-state index is 11.4. The zero-order valence-electron chi connectivity index (χ0n) is 10.4. The molecule has 0 saturated carbocycles. The fourth-order valence-electron chi connectivity index (χ4n) is 1.18. The van der Waals surface area contributed by atoms with Gasteiger partial charge in [0.05, 0.1) is 0 Å². The summed E-state index contributed by atoms with van der Waals surface area (Å²) in [6.45, 7) is 5.29. The minimum Gasteiger partial charge on any atom is -0.530 e. The molecule has 0 bridgehead atoms. The molecule has 0 saturated heterocycles. The van der Waals surface area contributed by atoms with Gasteiger partial charge in [-0.3, -0.25) is 5.32 Å². The first-order valence-electron chi connectivity index (χ1n) is 5.34. The van der Waals surface area contributed by atoms with Gasteiger partial charge in [-0.15, -0.1) is 0 Å². The van der Waals surface area contributed by atoms with Gasteiger partial charge in [0.25, 0.3) is 0 Å². The summed E-state index contributed by atoms with van der Waals surface area (Å²) >= 11 is 0. The Balaban J connectivity index is 2.58. The Labute approximate surface area is 105 Å². The molecule has 98 valence electrons. The van der Waals surface area contributed by atoms with Crippen molar-refractivity contribution in [2.24, 2.45) is 0 Å². The lowest BCUT2D eigenvalue weighted by atomic mass is 10.2. The molecule has 0 fully saturated rings. The molecular formula is C12H15N2O4-. The fraction of sp³-hybridized carbons (Fsp3) is 0.333. The second-order valence-electron chi connectivity index (χ2n) is 4.62. The van der Waals surface area contributed by atoms with E-state index in [1.807, 2.05) is 0 Å². The van der Waals surface area contributed by atoms with Gasteiger partial charge in [-0.05, 0) is 45.0 Å². The van der Waals surface area contributed by atoms with E-state index in [4.69, 9.17) is 4.74 Å². The van der Waals surface area contributed by atoms with E-state index in [1.54, 1.807) is 32.9 Å². The highest BCUT2D eigenvalue weighted by atomic mass is 16.6. The first kappa shape index (κ1) is 13.8. The lowest BCUT2D eigenvalue weighted by Crippen LogP contribution is -2.28. The van der Waals surface area contributed by atoms with Gasteiger partial charge in [-0.25, -0.2) is 4.79 Å². The second-order valence-corrected chi connectivity index (χ2v) is 4.62. The summed E-state index contributed by atoms with van der Waals surface area (Å²) < 4.78 is 5.07. The first-order valence-corrected chi connectivity index (χ1v) is 5.34. The average molecular weight is 251 g/mol. The van der Waals surface area contributed by atoms with Gasteiger partial charge in [0.2, 0.25) is 0 Å². The first-order chi connectivity index (χ1) is 8.26.